The summed E-state index contributed by atoms with van der Waals surface area (Å²) in [7, 11) is 1.53. The molecule has 1 aromatic rings. The van der Waals surface area contributed by atoms with Crippen LogP contribution in [0, 0.1) is 18.6 Å². The van der Waals surface area contributed by atoms with Crippen LogP contribution in [-0.2, 0) is 4.74 Å². The Morgan fingerprint density at radius 2 is 2.00 bits per heavy atom. The Morgan fingerprint density at radius 3 is 2.53 bits per heavy atom. The Labute approximate surface area is 101 Å². The van der Waals surface area contributed by atoms with E-state index in [0.717, 1.165) is 0 Å². The van der Waals surface area contributed by atoms with Gasteiger partial charge in [-0.05, 0) is 32.0 Å². The van der Waals surface area contributed by atoms with Gasteiger partial charge in [0.1, 0.15) is 11.6 Å². The number of likely N-dealkylation sites (N-methyl/N-ethyl adjacent to an activating group) is 1. The SMILES string of the molecule is CCNC(c1c(F)ccc(C)c1F)C(C)OC. The molecule has 4 heteroatoms. The van der Waals surface area contributed by atoms with Crippen molar-refractivity contribution >= 4 is 0 Å². The van der Waals surface area contributed by atoms with Gasteiger partial charge in [0, 0.05) is 12.7 Å². The number of aryl methyl sites for hydroxylation is 1. The molecule has 0 saturated carbocycles. The zero-order valence-corrected chi connectivity index (χ0v) is 10.7. The third kappa shape index (κ3) is 3.01. The maximum Gasteiger partial charge on any atom is 0.133 e. The van der Waals surface area contributed by atoms with Gasteiger partial charge in [0.2, 0.25) is 0 Å². The fourth-order valence-electron chi connectivity index (χ4n) is 1.82. The van der Waals surface area contributed by atoms with E-state index in [4.69, 9.17) is 4.74 Å². The summed E-state index contributed by atoms with van der Waals surface area (Å²) in [6.07, 6.45) is -0.305. The predicted molar refractivity (Wildman–Crippen MR) is 64.0 cm³/mol. The van der Waals surface area contributed by atoms with E-state index in [1.807, 2.05) is 6.92 Å². The number of halogens is 2. The third-order valence-electron chi connectivity index (χ3n) is 2.90. The molecular weight excluding hydrogens is 224 g/mol. The number of rotatable bonds is 5. The largest absolute Gasteiger partial charge is 0.380 e. The van der Waals surface area contributed by atoms with Crippen molar-refractivity contribution in [1.82, 2.24) is 5.32 Å². The Bertz CT molecular complexity index is 382. The van der Waals surface area contributed by atoms with Crippen LogP contribution >= 0.6 is 0 Å². The highest BCUT2D eigenvalue weighted by molar-refractivity contribution is 5.30. The van der Waals surface area contributed by atoms with E-state index in [2.05, 4.69) is 5.32 Å². The molecule has 2 atom stereocenters. The average molecular weight is 243 g/mol. The van der Waals surface area contributed by atoms with E-state index in [1.165, 1.54) is 19.2 Å². The van der Waals surface area contributed by atoms with Crippen molar-refractivity contribution in [3.05, 3.63) is 34.9 Å². The third-order valence-corrected chi connectivity index (χ3v) is 2.90. The van der Waals surface area contributed by atoms with Crippen molar-refractivity contribution in [3.8, 4) is 0 Å². The monoisotopic (exact) mass is 243 g/mol. The smallest absolute Gasteiger partial charge is 0.133 e. The first kappa shape index (κ1) is 14.1. The lowest BCUT2D eigenvalue weighted by Crippen LogP contribution is -2.33. The Morgan fingerprint density at radius 1 is 1.35 bits per heavy atom. The molecule has 1 aromatic carbocycles. The van der Waals surface area contributed by atoms with Crippen LogP contribution in [-0.4, -0.2) is 19.8 Å². The number of methoxy groups -OCH3 is 1. The molecule has 0 aliphatic rings. The number of nitrogens with one attached hydrogen (secondary N) is 1. The molecule has 2 nitrogen and oxygen atoms in total. The molecule has 0 aromatic heterocycles. The van der Waals surface area contributed by atoms with Gasteiger partial charge in [-0.25, -0.2) is 8.78 Å². The van der Waals surface area contributed by atoms with Crippen LogP contribution in [0.25, 0.3) is 0 Å². The Hall–Kier alpha value is -1.00. The number of hydrogen-bond acceptors (Lipinski definition) is 2. The van der Waals surface area contributed by atoms with Gasteiger partial charge in [0.05, 0.1) is 12.1 Å². The first-order valence-corrected chi connectivity index (χ1v) is 5.73. The molecule has 1 N–H and O–H groups in total. The summed E-state index contributed by atoms with van der Waals surface area (Å²) in [5.41, 5.74) is 0.494. The molecule has 2 unspecified atom stereocenters. The van der Waals surface area contributed by atoms with Gasteiger partial charge < -0.3 is 10.1 Å². The molecule has 0 spiro atoms. The highest BCUT2D eigenvalue weighted by atomic mass is 19.1. The van der Waals surface area contributed by atoms with Gasteiger partial charge in [0.25, 0.3) is 0 Å². The molecule has 0 aliphatic carbocycles. The molecule has 96 valence electrons. The molecule has 0 aliphatic heterocycles. The van der Waals surface area contributed by atoms with Crippen LogP contribution in [0.4, 0.5) is 8.78 Å². The lowest BCUT2D eigenvalue weighted by atomic mass is 9.98. The van der Waals surface area contributed by atoms with Crippen LogP contribution in [0.1, 0.15) is 31.0 Å². The minimum Gasteiger partial charge on any atom is -0.380 e. The molecule has 0 bridgehead atoms. The fraction of sp³-hybridized carbons (Fsp3) is 0.538. The first-order valence-electron chi connectivity index (χ1n) is 5.73. The van der Waals surface area contributed by atoms with Gasteiger partial charge >= 0.3 is 0 Å². The van der Waals surface area contributed by atoms with E-state index < -0.39 is 17.7 Å². The second-order valence-electron chi connectivity index (χ2n) is 4.07. The summed E-state index contributed by atoms with van der Waals surface area (Å²) in [6, 6.07) is 2.25. The molecule has 0 fully saturated rings. The van der Waals surface area contributed by atoms with Crippen LogP contribution in [0.15, 0.2) is 12.1 Å². The summed E-state index contributed by atoms with van der Waals surface area (Å²) in [4.78, 5) is 0. The van der Waals surface area contributed by atoms with E-state index in [0.29, 0.717) is 12.1 Å². The van der Waals surface area contributed by atoms with E-state index >= 15 is 0 Å². The van der Waals surface area contributed by atoms with Crippen molar-refractivity contribution in [2.75, 3.05) is 13.7 Å². The Kier molecular flexibility index (Phi) is 5.02. The highest BCUT2D eigenvalue weighted by Crippen LogP contribution is 2.26. The molecule has 1 rings (SSSR count). The normalized spacial score (nSPS) is 14.7. The Balaban J connectivity index is 3.22. The fourth-order valence-corrected chi connectivity index (χ4v) is 1.82. The molecule has 0 heterocycles. The van der Waals surface area contributed by atoms with Gasteiger partial charge in [0.15, 0.2) is 0 Å². The topological polar surface area (TPSA) is 21.3 Å². The number of benzene rings is 1. The van der Waals surface area contributed by atoms with Crippen LogP contribution in [0.2, 0.25) is 0 Å². The molecular formula is C13H19F2NO. The van der Waals surface area contributed by atoms with Crippen molar-refractivity contribution in [3.63, 3.8) is 0 Å². The van der Waals surface area contributed by atoms with Gasteiger partial charge in [-0.1, -0.05) is 13.0 Å². The minimum absolute atomic E-state index is 0.0567. The zero-order chi connectivity index (χ0) is 13.0. The molecule has 17 heavy (non-hydrogen) atoms. The van der Waals surface area contributed by atoms with Gasteiger partial charge in [-0.15, -0.1) is 0 Å². The number of hydrogen-bond donors (Lipinski definition) is 1. The van der Waals surface area contributed by atoms with Crippen molar-refractivity contribution in [1.29, 1.82) is 0 Å². The summed E-state index contributed by atoms with van der Waals surface area (Å²) < 4.78 is 32.9. The zero-order valence-electron chi connectivity index (χ0n) is 10.7. The maximum absolute atomic E-state index is 14.0. The second kappa shape index (κ2) is 6.07. The molecule has 0 saturated heterocycles. The van der Waals surface area contributed by atoms with Crippen LogP contribution < -0.4 is 5.32 Å². The standard InChI is InChI=1S/C13H19F2NO/c1-5-16-13(9(3)17-4)11-10(14)7-6-8(2)12(11)15/h6-7,9,13,16H,5H2,1-4H3. The first-order chi connectivity index (χ1) is 8.02. The lowest BCUT2D eigenvalue weighted by molar-refractivity contribution is 0.0809. The highest BCUT2D eigenvalue weighted by Gasteiger charge is 2.25. The summed E-state index contributed by atoms with van der Waals surface area (Å²) >= 11 is 0. The van der Waals surface area contributed by atoms with Gasteiger partial charge in [-0.3, -0.25) is 0 Å². The van der Waals surface area contributed by atoms with E-state index in [-0.39, 0.29) is 11.7 Å². The van der Waals surface area contributed by atoms with E-state index in [9.17, 15) is 8.78 Å². The minimum atomic E-state index is -0.539. The quantitative estimate of drug-likeness (QED) is 0.858. The van der Waals surface area contributed by atoms with Crippen LogP contribution in [0.5, 0.6) is 0 Å². The van der Waals surface area contributed by atoms with Crippen molar-refractivity contribution < 1.29 is 13.5 Å². The van der Waals surface area contributed by atoms with Crippen molar-refractivity contribution in [2.24, 2.45) is 0 Å². The van der Waals surface area contributed by atoms with Crippen LogP contribution in [0.3, 0.4) is 0 Å². The summed E-state index contributed by atoms with van der Waals surface area (Å²) in [6.45, 7) is 5.92. The van der Waals surface area contributed by atoms with E-state index in [1.54, 1.807) is 13.8 Å². The number of ether oxygens (including phenoxy) is 1. The summed E-state index contributed by atoms with van der Waals surface area (Å²) in [5.74, 6) is -1.04. The van der Waals surface area contributed by atoms with Gasteiger partial charge in [-0.2, -0.15) is 0 Å². The molecule has 0 amide bonds. The molecule has 0 radical (unpaired) electrons. The summed E-state index contributed by atoms with van der Waals surface area (Å²) in [5, 5.41) is 3.05. The average Bonchev–Trinajstić information content (AvgIpc) is 2.32. The lowest BCUT2D eigenvalue weighted by Gasteiger charge is -2.25. The predicted octanol–water partition coefficient (Wildman–Crippen LogP) is 2.96. The maximum atomic E-state index is 14.0. The second-order valence-corrected chi connectivity index (χ2v) is 4.07. The van der Waals surface area contributed by atoms with Crippen molar-refractivity contribution in [2.45, 2.75) is 32.9 Å².